The number of hydrogen-bond donors (Lipinski definition) is 1. The van der Waals surface area contributed by atoms with Gasteiger partial charge in [0.15, 0.2) is 0 Å². The fraction of sp³-hybridized carbons (Fsp3) is 0.846. The van der Waals surface area contributed by atoms with Gasteiger partial charge in [-0.15, -0.1) is 0 Å². The first-order valence-electron chi connectivity index (χ1n) is 6.70. The van der Waals surface area contributed by atoms with E-state index in [9.17, 15) is 14.7 Å². The van der Waals surface area contributed by atoms with Gasteiger partial charge in [0.05, 0.1) is 6.61 Å². The van der Waals surface area contributed by atoms with Crippen LogP contribution in [0.5, 0.6) is 0 Å². The predicted molar refractivity (Wildman–Crippen MR) is 66.6 cm³/mol. The van der Waals surface area contributed by atoms with E-state index in [2.05, 4.69) is 6.92 Å². The predicted octanol–water partition coefficient (Wildman–Crippen LogP) is -2.25. The molecule has 5 nitrogen and oxygen atoms in total. The van der Waals surface area contributed by atoms with Crippen molar-refractivity contribution in [1.29, 1.82) is 0 Å². The zero-order valence-corrected chi connectivity index (χ0v) is 14.2. The maximum Gasteiger partial charge on any atom is 1.00 e. The molecule has 0 aliphatic carbocycles. The number of ether oxygens (including phenoxy) is 1. The summed E-state index contributed by atoms with van der Waals surface area (Å²) in [7, 11) is 0. The van der Waals surface area contributed by atoms with Gasteiger partial charge >= 0.3 is 35.5 Å². The standard InChI is InChI=1S/C13H25NO4.Na/c1-2-3-4-5-6-7-10-18-13(17)11(14)8-9-12(15)16;/h11H,2-10,14H2,1H3,(H,15,16);/q;+1/p-1/t11-;/m0./s1. The topological polar surface area (TPSA) is 92.5 Å². The molecule has 0 bridgehead atoms. The smallest absolute Gasteiger partial charge is 0.550 e. The van der Waals surface area contributed by atoms with Crippen LogP contribution in [-0.4, -0.2) is 24.6 Å². The number of hydrogen-bond acceptors (Lipinski definition) is 5. The Kier molecular flexibility index (Phi) is 16.0. The molecule has 0 aromatic carbocycles. The quantitative estimate of drug-likeness (QED) is 0.262. The van der Waals surface area contributed by atoms with Gasteiger partial charge in [0.25, 0.3) is 0 Å². The van der Waals surface area contributed by atoms with Crippen LogP contribution >= 0.6 is 0 Å². The molecule has 0 heterocycles. The summed E-state index contributed by atoms with van der Waals surface area (Å²) in [6.07, 6.45) is 6.56. The first-order valence-corrected chi connectivity index (χ1v) is 6.70. The summed E-state index contributed by atoms with van der Waals surface area (Å²) in [5, 5.41) is 10.2. The molecule has 0 aromatic rings. The first-order chi connectivity index (χ1) is 8.57. The monoisotopic (exact) mass is 281 g/mol. The molecular formula is C13H24NNaO4. The summed E-state index contributed by atoms with van der Waals surface area (Å²) in [6.45, 7) is 2.53. The Labute approximate surface area is 137 Å². The van der Waals surface area contributed by atoms with Crippen molar-refractivity contribution >= 4 is 11.9 Å². The van der Waals surface area contributed by atoms with E-state index in [1.807, 2.05) is 0 Å². The van der Waals surface area contributed by atoms with Crippen LogP contribution in [0.3, 0.4) is 0 Å². The molecule has 0 amide bonds. The Bertz CT molecular complexity index is 249. The van der Waals surface area contributed by atoms with Gasteiger partial charge in [0.1, 0.15) is 6.04 Å². The summed E-state index contributed by atoms with van der Waals surface area (Å²) in [6, 6.07) is -0.858. The minimum absolute atomic E-state index is 0. The number of aliphatic carboxylic acids is 1. The molecule has 0 saturated carbocycles. The molecule has 6 heteroatoms. The van der Waals surface area contributed by atoms with Gasteiger partial charge in [-0.3, -0.25) is 4.79 Å². The van der Waals surface area contributed by atoms with Crippen molar-refractivity contribution in [2.45, 2.75) is 64.3 Å². The first kappa shape index (κ1) is 21.2. The molecule has 0 radical (unpaired) electrons. The van der Waals surface area contributed by atoms with Crippen molar-refractivity contribution in [3.63, 3.8) is 0 Å². The maximum atomic E-state index is 11.3. The Morgan fingerprint density at radius 2 is 1.74 bits per heavy atom. The summed E-state index contributed by atoms with van der Waals surface area (Å²) in [4.78, 5) is 21.5. The van der Waals surface area contributed by atoms with Gasteiger partial charge in [-0.25, -0.2) is 0 Å². The van der Waals surface area contributed by atoms with Gasteiger partial charge in [-0.2, -0.15) is 0 Å². The second-order valence-electron chi connectivity index (χ2n) is 4.45. The number of carbonyl (C=O) groups is 2. The molecule has 0 aliphatic rings. The van der Waals surface area contributed by atoms with E-state index < -0.39 is 18.0 Å². The van der Waals surface area contributed by atoms with E-state index in [0.29, 0.717) is 6.61 Å². The van der Waals surface area contributed by atoms with Crippen molar-refractivity contribution in [2.75, 3.05) is 6.61 Å². The molecule has 1 atom stereocenters. The average Bonchev–Trinajstić information content (AvgIpc) is 2.34. The Morgan fingerprint density at radius 1 is 1.16 bits per heavy atom. The molecule has 0 aliphatic heterocycles. The minimum Gasteiger partial charge on any atom is -0.550 e. The summed E-state index contributed by atoms with van der Waals surface area (Å²) in [5.41, 5.74) is 5.48. The van der Waals surface area contributed by atoms with Crippen LogP contribution in [0.15, 0.2) is 0 Å². The van der Waals surface area contributed by atoms with Crippen LogP contribution in [-0.2, 0) is 14.3 Å². The van der Waals surface area contributed by atoms with E-state index in [0.717, 1.165) is 19.3 Å². The second-order valence-corrected chi connectivity index (χ2v) is 4.45. The number of nitrogens with two attached hydrogens (primary N) is 1. The number of unbranched alkanes of at least 4 members (excludes halogenated alkanes) is 5. The number of carbonyl (C=O) groups excluding carboxylic acids is 2. The number of carboxylic acids is 1. The Balaban J connectivity index is 0. The largest absolute Gasteiger partial charge is 1.00 e. The number of carboxylic acid groups (broad SMARTS) is 1. The molecule has 0 fully saturated rings. The summed E-state index contributed by atoms with van der Waals surface area (Å²) >= 11 is 0. The fourth-order valence-corrected chi connectivity index (χ4v) is 1.55. The zero-order valence-electron chi connectivity index (χ0n) is 12.2. The molecule has 0 rings (SSSR count). The third-order valence-corrected chi connectivity index (χ3v) is 2.70. The van der Waals surface area contributed by atoms with Crippen molar-refractivity contribution in [1.82, 2.24) is 0 Å². The molecule has 0 saturated heterocycles. The van der Waals surface area contributed by atoms with Crippen LogP contribution < -0.4 is 40.4 Å². The number of esters is 1. The van der Waals surface area contributed by atoms with Gasteiger partial charge in [0, 0.05) is 5.97 Å². The SMILES string of the molecule is CCCCCCCCOC(=O)[C@@H](N)CCC(=O)[O-].[Na+]. The average molecular weight is 281 g/mol. The molecular weight excluding hydrogens is 257 g/mol. The van der Waals surface area contributed by atoms with E-state index in [1.54, 1.807) is 0 Å². The van der Waals surface area contributed by atoms with Crippen LogP contribution in [0, 0.1) is 0 Å². The van der Waals surface area contributed by atoms with E-state index in [-0.39, 0.29) is 42.4 Å². The van der Waals surface area contributed by atoms with E-state index in [4.69, 9.17) is 10.5 Å². The third kappa shape index (κ3) is 14.1. The van der Waals surface area contributed by atoms with E-state index in [1.165, 1.54) is 19.3 Å². The van der Waals surface area contributed by atoms with Crippen LogP contribution in [0.2, 0.25) is 0 Å². The maximum absolute atomic E-state index is 11.3. The van der Waals surface area contributed by atoms with Gasteiger partial charge in [-0.1, -0.05) is 39.0 Å². The zero-order chi connectivity index (χ0) is 13.8. The molecule has 0 unspecified atom stereocenters. The Hall–Kier alpha value is -0.100. The van der Waals surface area contributed by atoms with Crippen molar-refractivity contribution in [2.24, 2.45) is 5.73 Å². The molecule has 19 heavy (non-hydrogen) atoms. The van der Waals surface area contributed by atoms with Crippen LogP contribution in [0.25, 0.3) is 0 Å². The van der Waals surface area contributed by atoms with Crippen molar-refractivity contribution in [3.8, 4) is 0 Å². The van der Waals surface area contributed by atoms with Crippen LogP contribution in [0.4, 0.5) is 0 Å². The summed E-state index contributed by atoms with van der Waals surface area (Å²) in [5.74, 6) is -1.72. The fourth-order valence-electron chi connectivity index (χ4n) is 1.55. The minimum atomic E-state index is -1.20. The van der Waals surface area contributed by atoms with Gasteiger partial charge in [-0.05, 0) is 19.3 Å². The molecule has 0 aromatic heterocycles. The van der Waals surface area contributed by atoms with Gasteiger partial charge in [0.2, 0.25) is 0 Å². The molecule has 2 N–H and O–H groups in total. The van der Waals surface area contributed by atoms with E-state index >= 15 is 0 Å². The third-order valence-electron chi connectivity index (χ3n) is 2.70. The van der Waals surface area contributed by atoms with Gasteiger partial charge < -0.3 is 20.4 Å². The van der Waals surface area contributed by atoms with Crippen molar-refractivity contribution < 1.29 is 49.0 Å². The van der Waals surface area contributed by atoms with Crippen molar-refractivity contribution in [3.05, 3.63) is 0 Å². The normalized spacial score (nSPS) is 11.5. The summed E-state index contributed by atoms with van der Waals surface area (Å²) < 4.78 is 4.97. The molecule has 0 spiro atoms. The molecule has 106 valence electrons. The van der Waals surface area contributed by atoms with Crippen LogP contribution in [0.1, 0.15) is 58.3 Å². The second kappa shape index (κ2) is 14.3. The Morgan fingerprint density at radius 3 is 2.32 bits per heavy atom. The number of rotatable bonds is 11.